The van der Waals surface area contributed by atoms with Gasteiger partial charge in [0.05, 0.1) is 18.5 Å². The molecule has 2 heterocycles. The lowest BCUT2D eigenvalue weighted by molar-refractivity contribution is 0.168. The molecular formula is C24H31ClFN7O3S. The smallest absolute Gasteiger partial charge is 0.407 e. The summed E-state index contributed by atoms with van der Waals surface area (Å²) in [7, 11) is -0.154. The van der Waals surface area contributed by atoms with E-state index in [-0.39, 0.29) is 28.4 Å². The maximum atomic E-state index is 15.7. The molecule has 3 aromatic rings. The Hall–Kier alpha value is -3.25. The van der Waals surface area contributed by atoms with Crippen molar-refractivity contribution in [2.75, 3.05) is 29.4 Å². The number of amides is 1. The molecule has 3 N–H and O–H groups in total. The van der Waals surface area contributed by atoms with E-state index in [4.69, 9.17) is 11.6 Å². The van der Waals surface area contributed by atoms with E-state index in [2.05, 4.69) is 35.2 Å². The number of methoxy groups -OCH3 is 1. The van der Waals surface area contributed by atoms with Crippen LogP contribution in [0, 0.1) is 5.82 Å². The van der Waals surface area contributed by atoms with Crippen LogP contribution in [0.15, 0.2) is 30.6 Å². The summed E-state index contributed by atoms with van der Waals surface area (Å²) in [5, 5.41) is 10.6. The van der Waals surface area contributed by atoms with E-state index in [0.29, 0.717) is 41.6 Å². The highest BCUT2D eigenvalue weighted by Gasteiger charge is 2.22. The highest BCUT2D eigenvalue weighted by Crippen LogP contribution is 2.37. The van der Waals surface area contributed by atoms with Gasteiger partial charge in [-0.3, -0.25) is 4.68 Å². The lowest BCUT2D eigenvalue weighted by atomic mass is 10.0. The zero-order valence-corrected chi connectivity index (χ0v) is 22.9. The van der Waals surface area contributed by atoms with E-state index in [0.717, 1.165) is 0 Å². The van der Waals surface area contributed by atoms with Gasteiger partial charge in [0.15, 0.2) is 5.82 Å². The number of benzene rings is 1. The van der Waals surface area contributed by atoms with Crippen LogP contribution in [0.1, 0.15) is 40.2 Å². The second kappa shape index (κ2) is 12.8. The fourth-order valence-electron chi connectivity index (χ4n) is 3.39. The number of nitrogens with one attached hydrogen (secondary N) is 3. The Labute approximate surface area is 223 Å². The topological polar surface area (TPSA) is 123 Å². The molecule has 1 amide bonds. The van der Waals surface area contributed by atoms with Crippen molar-refractivity contribution < 1.29 is 18.1 Å². The Morgan fingerprint density at radius 1 is 1.27 bits per heavy atom. The zero-order valence-electron chi connectivity index (χ0n) is 21.3. The van der Waals surface area contributed by atoms with Crippen molar-refractivity contribution in [1.82, 2.24) is 25.1 Å². The van der Waals surface area contributed by atoms with Crippen LogP contribution in [0.5, 0.6) is 0 Å². The SMILES string of the molecule is CCCS(=O)Nc1cc(Cl)cc(-c2nn(C(C)C)cc2-c2ccnc(NC[C@H](C)NC(=O)OC)n2)c1F. The quantitative estimate of drug-likeness (QED) is 0.305. The molecule has 0 aliphatic rings. The molecular weight excluding hydrogens is 521 g/mol. The molecule has 1 aromatic carbocycles. The maximum absolute atomic E-state index is 15.7. The van der Waals surface area contributed by atoms with Crippen molar-refractivity contribution in [1.29, 1.82) is 0 Å². The first-order valence-electron chi connectivity index (χ1n) is 11.8. The fourth-order valence-corrected chi connectivity index (χ4v) is 4.47. The van der Waals surface area contributed by atoms with Gasteiger partial charge < -0.3 is 20.1 Å². The van der Waals surface area contributed by atoms with Crippen molar-refractivity contribution in [3.05, 3.63) is 41.4 Å². The summed E-state index contributed by atoms with van der Waals surface area (Å²) in [5.41, 5.74) is 1.61. The minimum absolute atomic E-state index is 0.00548. The van der Waals surface area contributed by atoms with Gasteiger partial charge in [0.25, 0.3) is 0 Å². The number of hydrogen-bond acceptors (Lipinski definition) is 7. The van der Waals surface area contributed by atoms with E-state index in [1.165, 1.54) is 19.2 Å². The highest BCUT2D eigenvalue weighted by atomic mass is 35.5. The monoisotopic (exact) mass is 551 g/mol. The number of alkyl carbamates (subject to hydrolysis) is 1. The van der Waals surface area contributed by atoms with Crippen molar-refractivity contribution >= 4 is 40.3 Å². The first kappa shape index (κ1) is 28.3. The Morgan fingerprint density at radius 3 is 2.70 bits per heavy atom. The molecule has 1 unspecified atom stereocenters. The van der Waals surface area contributed by atoms with Crippen molar-refractivity contribution in [3.8, 4) is 22.5 Å². The first-order chi connectivity index (χ1) is 17.6. The summed E-state index contributed by atoms with van der Waals surface area (Å²) < 4.78 is 36.9. The van der Waals surface area contributed by atoms with Crippen LogP contribution in [-0.2, 0) is 15.7 Å². The number of carbonyl (C=O) groups excluding carboxylic acids is 1. The predicted octanol–water partition coefficient (Wildman–Crippen LogP) is 5.02. The lowest BCUT2D eigenvalue weighted by Crippen LogP contribution is -2.37. The summed E-state index contributed by atoms with van der Waals surface area (Å²) in [4.78, 5) is 20.2. The van der Waals surface area contributed by atoms with Gasteiger partial charge in [-0.05, 0) is 45.4 Å². The van der Waals surface area contributed by atoms with Crippen LogP contribution in [0.3, 0.4) is 0 Å². The third kappa shape index (κ3) is 7.39. The van der Waals surface area contributed by atoms with E-state index >= 15 is 4.39 Å². The van der Waals surface area contributed by atoms with Crippen molar-refractivity contribution in [2.24, 2.45) is 0 Å². The predicted molar refractivity (Wildman–Crippen MR) is 144 cm³/mol. The molecule has 2 aromatic heterocycles. The molecule has 200 valence electrons. The van der Waals surface area contributed by atoms with Crippen LogP contribution in [0.4, 0.5) is 20.8 Å². The molecule has 0 saturated heterocycles. The van der Waals surface area contributed by atoms with Gasteiger partial charge in [-0.15, -0.1) is 0 Å². The average Bonchev–Trinajstić information content (AvgIpc) is 3.31. The van der Waals surface area contributed by atoms with Gasteiger partial charge in [-0.2, -0.15) is 5.10 Å². The molecule has 0 spiro atoms. The Balaban J connectivity index is 1.99. The summed E-state index contributed by atoms with van der Waals surface area (Å²) in [6.07, 6.45) is 3.51. The van der Waals surface area contributed by atoms with Gasteiger partial charge in [0, 0.05) is 52.9 Å². The Morgan fingerprint density at radius 2 is 2.03 bits per heavy atom. The van der Waals surface area contributed by atoms with Gasteiger partial charge >= 0.3 is 6.09 Å². The van der Waals surface area contributed by atoms with Gasteiger partial charge in [0.2, 0.25) is 5.95 Å². The largest absolute Gasteiger partial charge is 0.453 e. The number of nitrogens with zero attached hydrogens (tertiary/aromatic N) is 4. The van der Waals surface area contributed by atoms with E-state index in [1.54, 1.807) is 30.1 Å². The van der Waals surface area contributed by atoms with Crippen LogP contribution in [0.25, 0.3) is 22.5 Å². The summed E-state index contributed by atoms with van der Waals surface area (Å²) in [6, 6.07) is 4.34. The number of carbonyl (C=O) groups is 1. The number of rotatable bonds is 11. The highest BCUT2D eigenvalue weighted by molar-refractivity contribution is 7.86. The van der Waals surface area contributed by atoms with Gasteiger partial charge in [0.1, 0.15) is 16.7 Å². The van der Waals surface area contributed by atoms with E-state index < -0.39 is 22.9 Å². The molecule has 0 saturated carbocycles. The number of hydrogen-bond donors (Lipinski definition) is 3. The molecule has 10 nitrogen and oxygen atoms in total. The van der Waals surface area contributed by atoms with Gasteiger partial charge in [-0.25, -0.2) is 23.4 Å². The molecule has 0 aliphatic carbocycles. The number of aromatic nitrogens is 4. The molecule has 0 bridgehead atoms. The molecule has 13 heteroatoms. The Bertz CT molecular complexity index is 1270. The third-order valence-electron chi connectivity index (χ3n) is 5.21. The van der Waals surface area contributed by atoms with E-state index in [9.17, 15) is 9.00 Å². The number of ether oxygens (including phenoxy) is 1. The second-order valence-corrected chi connectivity index (χ2v) is 10.4. The molecule has 0 fully saturated rings. The standard InChI is InChI=1S/C24H31ClFN7O3S/c1-6-9-37(35)32-20-11-16(25)10-17(21(20)26)22-18(13-33(31-22)14(2)3)19-7-8-27-23(30-19)28-12-15(4)29-24(34)36-5/h7-8,10-11,13-15,32H,6,9,12H2,1-5H3,(H,29,34)(H,27,28,30)/t15-,37?/m0/s1. The van der Waals surface area contributed by atoms with Crippen molar-refractivity contribution in [2.45, 2.75) is 46.2 Å². The maximum Gasteiger partial charge on any atom is 0.407 e. The molecule has 0 radical (unpaired) electrons. The lowest BCUT2D eigenvalue weighted by Gasteiger charge is -2.14. The molecule has 37 heavy (non-hydrogen) atoms. The Kier molecular flexibility index (Phi) is 9.81. The summed E-state index contributed by atoms with van der Waals surface area (Å²) in [6.45, 7) is 7.96. The normalized spacial score (nSPS) is 12.8. The zero-order chi connectivity index (χ0) is 27.1. The first-order valence-corrected chi connectivity index (χ1v) is 13.5. The summed E-state index contributed by atoms with van der Waals surface area (Å²) in [5.74, 6) is 0.0845. The minimum atomic E-state index is -1.45. The summed E-state index contributed by atoms with van der Waals surface area (Å²) >= 11 is 6.33. The molecule has 3 rings (SSSR count). The van der Waals surface area contributed by atoms with Crippen molar-refractivity contribution in [3.63, 3.8) is 0 Å². The van der Waals surface area contributed by atoms with Crippen LogP contribution in [-0.4, -0.2) is 55.5 Å². The fraction of sp³-hybridized carbons (Fsp3) is 0.417. The van der Waals surface area contributed by atoms with Crippen LogP contribution < -0.4 is 15.4 Å². The van der Waals surface area contributed by atoms with Gasteiger partial charge in [-0.1, -0.05) is 18.5 Å². The number of anilines is 2. The van der Waals surface area contributed by atoms with Crippen LogP contribution >= 0.6 is 11.6 Å². The van der Waals surface area contributed by atoms with Crippen LogP contribution in [0.2, 0.25) is 5.02 Å². The number of halogens is 2. The molecule has 0 aliphatic heterocycles. The minimum Gasteiger partial charge on any atom is -0.453 e. The third-order valence-corrected chi connectivity index (χ3v) is 6.66. The second-order valence-electron chi connectivity index (χ2n) is 8.62. The average molecular weight is 552 g/mol. The molecule has 2 atom stereocenters. The van der Waals surface area contributed by atoms with E-state index in [1.807, 2.05) is 20.8 Å².